The molecule has 0 spiro atoms. The van der Waals surface area contributed by atoms with Gasteiger partial charge < -0.3 is 178 Å². The Bertz CT molecular complexity index is 1860. The highest BCUT2D eigenvalue weighted by molar-refractivity contribution is 14.0. The summed E-state index contributed by atoms with van der Waals surface area (Å²) in [5.74, 6) is 0. The molecule has 16 bridgehead atoms. The van der Waals surface area contributed by atoms with E-state index in [0.29, 0.717) is 10.8 Å². The third kappa shape index (κ3) is 15.3. The van der Waals surface area contributed by atoms with Crippen molar-refractivity contribution < 1.29 is 174 Å². The van der Waals surface area contributed by atoms with Crippen molar-refractivity contribution in [3.05, 3.63) is 0 Å². The Morgan fingerprint density at radius 3 is 0.622 bits per heavy atom. The Morgan fingerprint density at radius 2 is 0.467 bits per heavy atom. The highest BCUT2D eigenvalue weighted by atomic mass is 127. The minimum Gasteiger partial charge on any atom is -0.394 e. The Morgan fingerprint density at radius 1 is 0.289 bits per heavy atom. The van der Waals surface area contributed by atoms with Crippen LogP contribution in [-0.4, -0.2) is 393 Å². The molecule has 21 N–H and O–H groups in total. The van der Waals surface area contributed by atoms with Crippen LogP contribution in [0.3, 0.4) is 0 Å². The van der Waals surface area contributed by atoms with Gasteiger partial charge >= 0.3 is 0 Å². The summed E-state index contributed by atoms with van der Waals surface area (Å²) >= 11 is 0. The molecule has 0 radical (unpaired) electrons. The summed E-state index contributed by atoms with van der Waals surface area (Å²) in [5, 5.41) is 230. The average Bonchev–Trinajstić information content (AvgIpc) is 1.02. The van der Waals surface area contributed by atoms with Gasteiger partial charge in [-0.2, -0.15) is 0 Å². The Balaban J connectivity index is 0.000000714. The SMILES string of the molecule is CN1CC2(C)CC1CC(C)(C)C2.I.OC[C@@H]1O[C@H]2O[C@@H]3[C@@H](O)[C@H](O)[C@H](O[C@@H]4[C@@H](O)[C@H](O)[C@H](O[C@@H]5[C@@H](O)[C@@H](O)[C@H](O[C@@H]6[C@@H](O)[C@H](O)[C@H](O[C@@H]7[C@@H](O)[C@H](O)[C@H](O[C@@H]8[C@@H](O)[C@H](O)[C@H](O[C@@H]1[C@@H](O)[C@@H]2O)O[C@H]8CO)O[C@H]7CO)O[C@H]6CO)O[C@H]5CO)O[C@H]4CO)O[C@H]3CO. The number of nitrogens with zero attached hydrogens (tertiary/aromatic N) is 1. The summed E-state index contributed by atoms with van der Waals surface area (Å²) in [6.07, 6.45) is -66.0. The predicted molar refractivity (Wildman–Crippen MR) is 296 cm³/mol. The van der Waals surface area contributed by atoms with Crippen molar-refractivity contribution >= 4 is 24.0 Å². The van der Waals surface area contributed by atoms with Crippen molar-refractivity contribution in [3.63, 3.8) is 0 Å². The zero-order chi connectivity index (χ0) is 65.0. The van der Waals surface area contributed by atoms with Gasteiger partial charge in [-0.25, -0.2) is 0 Å². The van der Waals surface area contributed by atoms with Gasteiger partial charge in [0, 0.05) is 12.6 Å². The Labute approximate surface area is 532 Å². The van der Waals surface area contributed by atoms with Gasteiger partial charge in [0.05, 0.1) is 46.2 Å². The van der Waals surface area contributed by atoms with Gasteiger partial charge in [-0.3, -0.25) is 0 Å². The van der Waals surface area contributed by atoms with E-state index < -0.39 is 261 Å². The first-order chi connectivity index (χ1) is 42.1. The van der Waals surface area contributed by atoms with Gasteiger partial charge in [0.1, 0.15) is 171 Å². The summed E-state index contributed by atoms with van der Waals surface area (Å²) in [7, 11) is 2.29. The minimum atomic E-state index is -2.21. The molecule has 0 aromatic carbocycles. The lowest BCUT2D eigenvalue weighted by Gasteiger charge is -2.50. The van der Waals surface area contributed by atoms with Crippen LogP contribution in [0.5, 0.6) is 0 Å². The monoisotopic (exact) mass is 1430 g/mol. The van der Waals surface area contributed by atoms with E-state index in [2.05, 4.69) is 32.7 Å². The Kier molecular flexibility index (Phi) is 25.9. The number of aliphatic hydroxyl groups excluding tert-OH is 21. The van der Waals surface area contributed by atoms with Crippen LogP contribution in [0.15, 0.2) is 0 Å². The van der Waals surface area contributed by atoms with E-state index in [1.807, 2.05) is 0 Å². The van der Waals surface area contributed by atoms with Crippen LogP contribution in [0.25, 0.3) is 0 Å². The smallest absolute Gasteiger partial charge is 0.187 e. The molecule has 0 aromatic heterocycles. The highest BCUT2D eigenvalue weighted by Crippen LogP contribution is 2.52. The number of ether oxygens (including phenoxy) is 14. The molecular formula is C53H92INO35. The number of hydrogen-bond acceptors (Lipinski definition) is 36. The summed E-state index contributed by atoms with van der Waals surface area (Å²) in [6.45, 7) is 1.31. The van der Waals surface area contributed by atoms with Crippen molar-refractivity contribution in [2.75, 3.05) is 59.8 Å². The molecule has 2 unspecified atom stereocenters. The molecule has 22 saturated heterocycles. The second-order valence-electron chi connectivity index (χ2n) is 25.8. The van der Waals surface area contributed by atoms with Crippen LogP contribution in [0.2, 0.25) is 0 Å². The fourth-order valence-corrected chi connectivity index (χ4v) is 14.2. The Hall–Kier alpha value is -0.710. The molecule has 36 nitrogen and oxygen atoms in total. The van der Waals surface area contributed by atoms with Gasteiger partial charge in [-0.05, 0) is 37.1 Å². The van der Waals surface area contributed by atoms with Crippen LogP contribution < -0.4 is 0 Å². The van der Waals surface area contributed by atoms with Gasteiger partial charge in [-0.1, -0.05) is 20.8 Å². The standard InChI is InChI=1S/C42H70O35.C11H21N.HI/c43-1-8-29-15(50)22(57)36(64-8)72-30-9(2-44)66-38(24(59)17(30)52)74-32-11(4-46)68-40(26(61)19(32)54)76-34-13(6-48)70-42(28(63)21(34)56)77-35-14(7-49)69-41(27(62)20(35)55)75-33-12(5-47)67-39(25(60)18(33)53)73-31-10(3-45)65-37(71-29)23(58)16(31)51;1-10(2)5-9-6-11(3,7-10)8-12(9)4;/h8-63H,1-7H2;9H,5-8H2,1-4H3;1H/t8-,9-,10-,11-,12-,13-,14-,15-,16-,17-,18-,19-,20-,21-,22-,23-,24-,25-,26-,27-,28+,29-,30-,31-,32-,33-,34-,35-,36-,37-,38-,39-,40-,41-,42-;;/m0../s1. The third-order valence-corrected chi connectivity index (χ3v) is 18.5. The van der Waals surface area contributed by atoms with Crippen LogP contribution in [0, 0.1) is 10.8 Å². The molecule has 23 aliphatic rings. The van der Waals surface area contributed by atoms with E-state index >= 15 is 0 Å². The lowest BCUT2D eigenvalue weighted by atomic mass is 9.65. The summed E-state index contributed by atoms with van der Waals surface area (Å²) in [5.41, 5.74) is 1.21. The van der Waals surface area contributed by atoms with E-state index in [1.165, 1.54) is 25.8 Å². The van der Waals surface area contributed by atoms with Gasteiger partial charge in [-0.15, -0.1) is 24.0 Å². The first-order valence-corrected chi connectivity index (χ1v) is 29.7. The third-order valence-electron chi connectivity index (χ3n) is 18.5. The maximum Gasteiger partial charge on any atom is 0.187 e. The molecule has 23 rings (SSSR count). The molecule has 22 heterocycles. The normalized spacial score (nSPS) is 53.6. The van der Waals surface area contributed by atoms with Crippen molar-refractivity contribution in [3.8, 4) is 0 Å². The maximum atomic E-state index is 11.3. The van der Waals surface area contributed by atoms with Gasteiger partial charge in [0.25, 0.3) is 0 Å². The molecule has 0 aromatic rings. The minimum absolute atomic E-state index is 0. The average molecular weight is 1430 g/mol. The maximum absolute atomic E-state index is 11.3. The summed E-state index contributed by atoms with van der Waals surface area (Å²) < 4.78 is 79.5. The van der Waals surface area contributed by atoms with Gasteiger partial charge in [0.15, 0.2) is 44.0 Å². The second kappa shape index (κ2) is 31.0. The molecule has 526 valence electrons. The molecule has 0 amide bonds. The van der Waals surface area contributed by atoms with Crippen LogP contribution in [0.4, 0.5) is 0 Å². The molecule has 90 heavy (non-hydrogen) atoms. The topological polar surface area (TPSA) is 557 Å². The predicted octanol–water partition coefficient (Wildman–Crippen LogP) is -12.1. The molecule has 1 saturated carbocycles. The van der Waals surface area contributed by atoms with E-state index in [0.717, 1.165) is 6.04 Å². The lowest BCUT2D eigenvalue weighted by molar-refractivity contribution is -0.396. The number of likely N-dealkylation sites (tertiary alicyclic amines) is 1. The first kappa shape index (κ1) is 75.1. The van der Waals surface area contributed by atoms with E-state index in [4.69, 9.17) is 66.3 Å². The van der Waals surface area contributed by atoms with Crippen molar-refractivity contribution in [1.29, 1.82) is 0 Å². The fraction of sp³-hybridized carbons (Fsp3) is 1.00. The van der Waals surface area contributed by atoms with Crippen LogP contribution in [0.1, 0.15) is 40.0 Å². The van der Waals surface area contributed by atoms with Crippen LogP contribution in [-0.2, 0) is 66.3 Å². The highest BCUT2D eigenvalue weighted by Gasteiger charge is 2.60. The lowest BCUT2D eigenvalue weighted by Crippen LogP contribution is -2.68. The molecule has 23 fully saturated rings. The zero-order valence-corrected chi connectivity index (χ0v) is 51.9. The van der Waals surface area contributed by atoms with E-state index in [9.17, 15) is 107 Å². The largest absolute Gasteiger partial charge is 0.394 e. The number of rotatable bonds is 7. The van der Waals surface area contributed by atoms with Gasteiger partial charge in [0.2, 0.25) is 0 Å². The molecule has 37 heteroatoms. The first-order valence-electron chi connectivity index (χ1n) is 29.7. The van der Waals surface area contributed by atoms with Crippen LogP contribution >= 0.6 is 24.0 Å². The molecule has 1 aliphatic carbocycles. The fourth-order valence-electron chi connectivity index (χ4n) is 14.2. The van der Waals surface area contributed by atoms with Crippen molar-refractivity contribution in [2.24, 2.45) is 10.8 Å². The number of halogens is 1. The van der Waals surface area contributed by atoms with E-state index in [1.54, 1.807) is 0 Å². The van der Waals surface area contributed by atoms with Crippen molar-refractivity contribution in [1.82, 2.24) is 4.90 Å². The molecule has 37 atom stereocenters. The summed E-state index contributed by atoms with van der Waals surface area (Å²) in [6, 6.07) is 0.874. The molecular weight excluding hydrogens is 1340 g/mol. The number of aliphatic hydroxyl groups is 21. The molecule has 22 aliphatic heterocycles. The zero-order valence-electron chi connectivity index (χ0n) is 49.5. The van der Waals surface area contributed by atoms with E-state index in [-0.39, 0.29) is 24.0 Å². The summed E-state index contributed by atoms with van der Waals surface area (Å²) in [4.78, 5) is 2.56. The number of hydrogen-bond donors (Lipinski definition) is 21. The quantitative estimate of drug-likeness (QED) is 0.105. The van der Waals surface area contributed by atoms with Crippen molar-refractivity contribution in [2.45, 2.75) is 261 Å². The second-order valence-corrected chi connectivity index (χ2v) is 25.8. The number of fused-ring (bicyclic) bond motifs is 2.